The van der Waals surface area contributed by atoms with Crippen LogP contribution >= 0.6 is 0 Å². The van der Waals surface area contributed by atoms with E-state index in [9.17, 15) is 23.2 Å². The van der Waals surface area contributed by atoms with Crippen molar-refractivity contribution in [3.63, 3.8) is 0 Å². The van der Waals surface area contributed by atoms with E-state index in [0.717, 1.165) is 42.0 Å². The number of rotatable bonds is 4. The Morgan fingerprint density at radius 3 is 2.58 bits per heavy atom. The molecule has 3 aromatic rings. The smallest absolute Gasteiger partial charge is 0.244 e. The number of carbonyl (C=O) groups excluding carboxylic acids is 3. The van der Waals surface area contributed by atoms with E-state index in [1.165, 1.54) is 17.0 Å². The van der Waals surface area contributed by atoms with E-state index in [4.69, 9.17) is 0 Å². The first kappa shape index (κ1) is 28.9. The van der Waals surface area contributed by atoms with E-state index >= 15 is 0 Å². The first-order chi connectivity index (χ1) is 20.7. The minimum atomic E-state index is -1.18. The summed E-state index contributed by atoms with van der Waals surface area (Å²) in [5, 5.41) is 9.16. The molecular formula is C33H35F2N5O3. The molecule has 8 nitrogen and oxygen atoms in total. The summed E-state index contributed by atoms with van der Waals surface area (Å²) in [6, 6.07) is 12.6. The van der Waals surface area contributed by atoms with Gasteiger partial charge >= 0.3 is 0 Å². The van der Waals surface area contributed by atoms with Crippen LogP contribution in [0.2, 0.25) is 0 Å². The number of carbonyl (C=O) groups is 3. The van der Waals surface area contributed by atoms with Crippen molar-refractivity contribution in [1.29, 1.82) is 0 Å². The molecule has 0 saturated carbocycles. The highest BCUT2D eigenvalue weighted by molar-refractivity contribution is 6.06. The van der Waals surface area contributed by atoms with Gasteiger partial charge in [-0.15, -0.1) is 0 Å². The maximum atomic E-state index is 14.4. The number of hydrogen-bond acceptors (Lipinski definition) is 5. The number of fused-ring (bicyclic) bond motifs is 3. The van der Waals surface area contributed by atoms with E-state index in [0.29, 0.717) is 37.3 Å². The molecule has 1 saturated heterocycles. The van der Waals surface area contributed by atoms with Crippen LogP contribution in [0.15, 0.2) is 54.7 Å². The molecule has 3 heterocycles. The molecular weight excluding hydrogens is 552 g/mol. The van der Waals surface area contributed by atoms with Crippen molar-refractivity contribution in [2.45, 2.75) is 62.8 Å². The van der Waals surface area contributed by atoms with E-state index < -0.39 is 28.5 Å². The molecule has 0 radical (unpaired) electrons. The number of benzene rings is 2. The highest BCUT2D eigenvalue weighted by Gasteiger charge is 2.51. The summed E-state index contributed by atoms with van der Waals surface area (Å²) in [5.41, 5.74) is 1.79. The molecule has 43 heavy (non-hydrogen) atoms. The van der Waals surface area contributed by atoms with Gasteiger partial charge < -0.3 is 20.9 Å². The van der Waals surface area contributed by atoms with Gasteiger partial charge in [-0.25, -0.2) is 13.8 Å². The van der Waals surface area contributed by atoms with Crippen LogP contribution in [-0.4, -0.2) is 47.2 Å². The minimum absolute atomic E-state index is 0.0808. The Hall–Kier alpha value is -4.18. The van der Waals surface area contributed by atoms with E-state index in [1.54, 1.807) is 19.2 Å². The quantitative estimate of drug-likeness (QED) is 0.415. The molecule has 1 aromatic heterocycles. The Kier molecular flexibility index (Phi) is 7.72. The molecule has 224 valence electrons. The molecule has 3 amide bonds. The number of aromatic nitrogens is 1. The van der Waals surface area contributed by atoms with Crippen LogP contribution in [-0.2, 0) is 38.2 Å². The third-order valence-electron chi connectivity index (χ3n) is 9.11. The number of pyridine rings is 1. The van der Waals surface area contributed by atoms with Crippen molar-refractivity contribution in [1.82, 2.24) is 15.2 Å². The normalized spacial score (nSPS) is 23.8. The first-order valence-electron chi connectivity index (χ1n) is 14.8. The molecule has 6 rings (SSSR count). The van der Waals surface area contributed by atoms with E-state index in [-0.39, 0.29) is 36.9 Å². The lowest BCUT2D eigenvalue weighted by molar-refractivity contribution is -0.141. The van der Waals surface area contributed by atoms with Crippen molar-refractivity contribution in [3.8, 4) is 0 Å². The van der Waals surface area contributed by atoms with Crippen LogP contribution < -0.4 is 16.0 Å². The highest BCUT2D eigenvalue weighted by Crippen LogP contribution is 2.47. The van der Waals surface area contributed by atoms with Gasteiger partial charge in [-0.1, -0.05) is 25.0 Å². The van der Waals surface area contributed by atoms with Crippen LogP contribution in [0.1, 0.15) is 61.3 Å². The van der Waals surface area contributed by atoms with Crippen molar-refractivity contribution in [2.24, 2.45) is 0 Å². The Morgan fingerprint density at radius 2 is 1.77 bits per heavy atom. The van der Waals surface area contributed by atoms with Crippen LogP contribution in [0.5, 0.6) is 0 Å². The molecule has 3 aliphatic rings. The molecule has 2 atom stereocenters. The molecule has 1 aliphatic carbocycles. The molecule has 1 fully saturated rings. The number of nitrogens with zero attached hydrogens (tertiary/aromatic N) is 2. The number of hydrogen-bond donors (Lipinski definition) is 3. The molecule has 2 aliphatic heterocycles. The first-order valence-corrected chi connectivity index (χ1v) is 14.8. The largest absolute Gasteiger partial charge is 0.325 e. The fourth-order valence-corrected chi connectivity index (χ4v) is 6.79. The zero-order valence-electron chi connectivity index (χ0n) is 24.1. The van der Waals surface area contributed by atoms with E-state index in [1.807, 2.05) is 24.3 Å². The molecule has 10 heteroatoms. The zero-order valence-corrected chi connectivity index (χ0v) is 24.1. The summed E-state index contributed by atoms with van der Waals surface area (Å²) in [4.78, 5) is 46.0. The fraction of sp³-hybridized carbons (Fsp3) is 0.394. The molecule has 2 aromatic carbocycles. The van der Waals surface area contributed by atoms with Crippen LogP contribution in [0.25, 0.3) is 0 Å². The summed E-state index contributed by atoms with van der Waals surface area (Å²) < 4.78 is 28.7. The van der Waals surface area contributed by atoms with E-state index in [2.05, 4.69) is 20.9 Å². The van der Waals surface area contributed by atoms with Crippen molar-refractivity contribution in [2.75, 3.05) is 30.3 Å². The lowest BCUT2D eigenvalue weighted by atomic mass is 9.79. The lowest BCUT2D eigenvalue weighted by Gasteiger charge is -2.42. The van der Waals surface area contributed by atoms with Gasteiger partial charge in [-0.05, 0) is 86.2 Å². The lowest BCUT2D eigenvalue weighted by Crippen LogP contribution is -2.55. The maximum Gasteiger partial charge on any atom is 0.244 e. The Bertz CT molecular complexity index is 1580. The Balaban J connectivity index is 1.25. The molecule has 0 bridgehead atoms. The second kappa shape index (κ2) is 11.5. The Labute approximate surface area is 249 Å². The highest BCUT2D eigenvalue weighted by atomic mass is 19.1. The third kappa shape index (κ3) is 5.51. The topological polar surface area (TPSA) is 103 Å². The van der Waals surface area contributed by atoms with Gasteiger partial charge in [0, 0.05) is 36.5 Å². The second-order valence-corrected chi connectivity index (χ2v) is 12.1. The predicted octanol–water partition coefficient (Wildman–Crippen LogP) is 4.58. The zero-order chi connectivity index (χ0) is 30.2. The third-order valence-corrected chi connectivity index (χ3v) is 9.11. The van der Waals surface area contributed by atoms with Gasteiger partial charge in [0.2, 0.25) is 17.7 Å². The van der Waals surface area contributed by atoms with Gasteiger partial charge in [-0.3, -0.25) is 14.4 Å². The summed E-state index contributed by atoms with van der Waals surface area (Å²) in [5.74, 6) is -1.65. The van der Waals surface area contributed by atoms with Crippen molar-refractivity contribution < 1.29 is 23.2 Å². The number of amides is 3. The molecule has 3 N–H and O–H groups in total. The SMILES string of the molecule is CC1(c2cc(F)cc(F)c2)CNCCCCCCC(=O)N1CC(=O)Nc1ccc2c(c1)CC1(C2)C(=O)Nc2ncccc21. The van der Waals surface area contributed by atoms with Gasteiger partial charge in [-0.2, -0.15) is 0 Å². The second-order valence-electron chi connectivity index (χ2n) is 12.1. The summed E-state index contributed by atoms with van der Waals surface area (Å²) in [7, 11) is 0. The van der Waals surface area contributed by atoms with Crippen LogP contribution in [0.4, 0.5) is 20.3 Å². The fourth-order valence-electron chi connectivity index (χ4n) is 6.79. The number of anilines is 2. The van der Waals surface area contributed by atoms with Crippen LogP contribution in [0, 0.1) is 11.6 Å². The molecule has 1 spiro atoms. The average Bonchev–Trinajstić information content (AvgIpc) is 3.48. The standard InChI is InChI=1S/C33H35F2N5O3/c1-32(23-14-24(34)16-25(35)15-23)20-36-11-5-3-2-4-8-29(42)40(32)19-28(41)38-26-10-9-21-17-33(18-22(21)13-26)27-7-6-12-37-30(27)39-31(33)43/h6-7,9-10,12-16,36H,2-5,8,11,17-20H2,1H3,(H,38,41)(H,37,39,43). The summed E-state index contributed by atoms with van der Waals surface area (Å²) in [6.45, 7) is 2.37. The van der Waals surface area contributed by atoms with Gasteiger partial charge in [0.05, 0.1) is 11.0 Å². The van der Waals surface area contributed by atoms with Gasteiger partial charge in [0.1, 0.15) is 24.0 Å². The molecule has 2 unspecified atom stereocenters. The Morgan fingerprint density at radius 1 is 1.00 bits per heavy atom. The van der Waals surface area contributed by atoms with Crippen molar-refractivity contribution in [3.05, 3.63) is 88.6 Å². The monoisotopic (exact) mass is 587 g/mol. The van der Waals surface area contributed by atoms with Gasteiger partial charge in [0.15, 0.2) is 0 Å². The summed E-state index contributed by atoms with van der Waals surface area (Å²) >= 11 is 0. The maximum absolute atomic E-state index is 14.4. The number of halogens is 2. The van der Waals surface area contributed by atoms with Crippen molar-refractivity contribution >= 4 is 29.2 Å². The average molecular weight is 588 g/mol. The summed E-state index contributed by atoms with van der Waals surface area (Å²) in [6.07, 6.45) is 6.36. The minimum Gasteiger partial charge on any atom is -0.325 e. The van der Waals surface area contributed by atoms with Crippen LogP contribution in [0.3, 0.4) is 0 Å². The predicted molar refractivity (Wildman–Crippen MR) is 158 cm³/mol. The van der Waals surface area contributed by atoms with Gasteiger partial charge in [0.25, 0.3) is 0 Å². The number of nitrogens with one attached hydrogen (secondary N) is 3.